The van der Waals surface area contributed by atoms with E-state index < -0.39 is 0 Å². The molecule has 0 unspecified atom stereocenters. The van der Waals surface area contributed by atoms with Crippen molar-refractivity contribution in [1.29, 1.82) is 0 Å². The van der Waals surface area contributed by atoms with Crippen molar-refractivity contribution in [1.82, 2.24) is 14.8 Å². The highest BCUT2D eigenvalue weighted by molar-refractivity contribution is 7.19. The first-order chi connectivity index (χ1) is 10.7. The second-order valence-electron chi connectivity index (χ2n) is 5.76. The lowest BCUT2D eigenvalue weighted by atomic mass is 9.83. The highest BCUT2D eigenvalue weighted by Gasteiger charge is 2.35. The SMILES string of the molecule is O=CNc1nnc(N2C[C@H]3C[C@H](C2)c2cccc(=O)n2C3)s1. The Balaban J connectivity index is 1.62. The molecule has 0 saturated carbocycles. The molecule has 0 aliphatic carbocycles. The number of anilines is 2. The van der Waals surface area contributed by atoms with Gasteiger partial charge in [-0.1, -0.05) is 17.4 Å². The third-order valence-electron chi connectivity index (χ3n) is 4.35. The first kappa shape index (κ1) is 13.4. The van der Waals surface area contributed by atoms with E-state index in [9.17, 15) is 9.59 Å². The van der Waals surface area contributed by atoms with Gasteiger partial charge in [0.05, 0.1) is 0 Å². The zero-order valence-corrected chi connectivity index (χ0v) is 12.6. The van der Waals surface area contributed by atoms with Crippen molar-refractivity contribution >= 4 is 28.0 Å². The van der Waals surface area contributed by atoms with Gasteiger partial charge < -0.3 is 14.8 Å². The van der Waals surface area contributed by atoms with Crippen molar-refractivity contribution in [2.24, 2.45) is 5.92 Å². The summed E-state index contributed by atoms with van der Waals surface area (Å²) in [4.78, 5) is 24.7. The van der Waals surface area contributed by atoms with E-state index in [1.54, 1.807) is 6.07 Å². The molecule has 114 valence electrons. The van der Waals surface area contributed by atoms with Crippen LogP contribution >= 0.6 is 11.3 Å². The summed E-state index contributed by atoms with van der Waals surface area (Å²) < 4.78 is 1.91. The number of nitrogens with one attached hydrogen (secondary N) is 1. The zero-order chi connectivity index (χ0) is 15.1. The minimum atomic E-state index is 0.0917. The number of carbonyl (C=O) groups is 1. The molecular formula is C14H15N5O2S. The minimum absolute atomic E-state index is 0.0917. The predicted octanol–water partition coefficient (Wildman–Crippen LogP) is 0.892. The summed E-state index contributed by atoms with van der Waals surface area (Å²) >= 11 is 1.38. The van der Waals surface area contributed by atoms with Gasteiger partial charge in [0.25, 0.3) is 5.56 Å². The van der Waals surface area contributed by atoms with Crippen LogP contribution in [0, 0.1) is 5.92 Å². The lowest BCUT2D eigenvalue weighted by Gasteiger charge is -2.42. The lowest BCUT2D eigenvalue weighted by Crippen LogP contribution is -2.47. The maximum absolute atomic E-state index is 12.0. The summed E-state index contributed by atoms with van der Waals surface area (Å²) in [6, 6.07) is 5.51. The first-order valence-electron chi connectivity index (χ1n) is 7.23. The van der Waals surface area contributed by atoms with Crippen LogP contribution in [0.5, 0.6) is 0 Å². The molecular weight excluding hydrogens is 302 g/mol. The van der Waals surface area contributed by atoms with Crippen LogP contribution in [0.2, 0.25) is 0 Å². The molecule has 22 heavy (non-hydrogen) atoms. The van der Waals surface area contributed by atoms with Crippen LogP contribution in [0.25, 0.3) is 0 Å². The third kappa shape index (κ3) is 2.19. The molecule has 2 bridgehead atoms. The molecule has 2 aliphatic heterocycles. The number of rotatable bonds is 3. The largest absolute Gasteiger partial charge is 0.346 e. The van der Waals surface area contributed by atoms with Gasteiger partial charge >= 0.3 is 0 Å². The Morgan fingerprint density at radius 2 is 2.18 bits per heavy atom. The fraction of sp³-hybridized carbons (Fsp3) is 0.429. The van der Waals surface area contributed by atoms with Gasteiger partial charge in [0.2, 0.25) is 16.7 Å². The lowest BCUT2D eigenvalue weighted by molar-refractivity contribution is -0.105. The summed E-state index contributed by atoms with van der Waals surface area (Å²) in [5.41, 5.74) is 1.21. The van der Waals surface area contributed by atoms with Crippen LogP contribution in [-0.2, 0) is 11.3 Å². The van der Waals surface area contributed by atoms with Crippen LogP contribution in [-0.4, -0.2) is 34.3 Å². The number of piperidine rings is 1. The molecule has 1 fully saturated rings. The van der Waals surface area contributed by atoms with Gasteiger partial charge in [-0.3, -0.25) is 9.59 Å². The number of aromatic nitrogens is 3. The van der Waals surface area contributed by atoms with Crippen LogP contribution in [0.1, 0.15) is 18.0 Å². The van der Waals surface area contributed by atoms with E-state index in [-0.39, 0.29) is 5.56 Å². The van der Waals surface area contributed by atoms with E-state index in [0.717, 1.165) is 36.9 Å². The van der Waals surface area contributed by atoms with Gasteiger partial charge in [0.15, 0.2) is 0 Å². The minimum Gasteiger partial charge on any atom is -0.346 e. The molecule has 1 N–H and O–H groups in total. The molecule has 4 rings (SSSR count). The average molecular weight is 317 g/mol. The second-order valence-corrected chi connectivity index (χ2v) is 6.71. The molecule has 0 radical (unpaired) electrons. The molecule has 2 aromatic heterocycles. The monoisotopic (exact) mass is 317 g/mol. The Kier molecular flexibility index (Phi) is 3.18. The van der Waals surface area contributed by atoms with Gasteiger partial charge in [-0.2, -0.15) is 0 Å². The van der Waals surface area contributed by atoms with Gasteiger partial charge in [-0.05, 0) is 18.4 Å². The molecule has 4 heterocycles. The highest BCUT2D eigenvalue weighted by atomic mass is 32.1. The standard InChI is InChI=1S/C14H15N5O2S/c20-8-15-13-16-17-14(22-13)18-5-9-4-10(7-18)11-2-1-3-12(21)19(11)6-9/h1-3,8-10H,4-7H2,(H,15,16,20)/t9-,10-/m1/s1. The van der Waals surface area contributed by atoms with Gasteiger partial charge in [0.1, 0.15) is 0 Å². The van der Waals surface area contributed by atoms with Crippen LogP contribution in [0.15, 0.2) is 23.0 Å². The predicted molar refractivity (Wildman–Crippen MR) is 83.4 cm³/mol. The summed E-state index contributed by atoms with van der Waals surface area (Å²) in [7, 11) is 0. The fourth-order valence-electron chi connectivity index (χ4n) is 3.50. The van der Waals surface area contributed by atoms with Crippen LogP contribution in [0.4, 0.5) is 10.3 Å². The average Bonchev–Trinajstić information content (AvgIpc) is 2.97. The Hall–Kier alpha value is -2.22. The summed E-state index contributed by atoms with van der Waals surface area (Å²) in [5, 5.41) is 12.0. The first-order valence-corrected chi connectivity index (χ1v) is 8.04. The Morgan fingerprint density at radius 1 is 1.27 bits per heavy atom. The molecule has 8 heteroatoms. The van der Waals surface area contributed by atoms with E-state index in [4.69, 9.17) is 0 Å². The van der Waals surface area contributed by atoms with Crippen LogP contribution < -0.4 is 15.8 Å². The number of amides is 1. The topological polar surface area (TPSA) is 80.1 Å². The number of hydrogen-bond acceptors (Lipinski definition) is 6. The second kappa shape index (κ2) is 5.20. The Morgan fingerprint density at radius 3 is 3.05 bits per heavy atom. The van der Waals surface area contributed by atoms with Crippen LogP contribution in [0.3, 0.4) is 0 Å². The fourth-order valence-corrected chi connectivity index (χ4v) is 4.23. The van der Waals surface area contributed by atoms with E-state index in [1.165, 1.54) is 11.3 Å². The molecule has 0 spiro atoms. The van der Waals surface area contributed by atoms with E-state index >= 15 is 0 Å². The molecule has 2 aromatic rings. The molecule has 7 nitrogen and oxygen atoms in total. The zero-order valence-electron chi connectivity index (χ0n) is 11.8. The molecule has 1 amide bonds. The van der Waals surface area contributed by atoms with Gasteiger partial charge in [0, 0.05) is 37.3 Å². The molecule has 0 aromatic carbocycles. The number of hydrogen-bond donors (Lipinski definition) is 1. The van der Waals surface area contributed by atoms with Crippen molar-refractivity contribution in [3.63, 3.8) is 0 Å². The number of fused-ring (bicyclic) bond motifs is 4. The van der Waals surface area contributed by atoms with Gasteiger partial charge in [-0.15, -0.1) is 10.2 Å². The summed E-state index contributed by atoms with van der Waals surface area (Å²) in [6.45, 7) is 2.46. The van der Waals surface area contributed by atoms with Gasteiger partial charge in [-0.25, -0.2) is 0 Å². The third-order valence-corrected chi connectivity index (χ3v) is 5.26. The molecule has 2 aliphatic rings. The van der Waals surface area contributed by atoms with Crippen molar-refractivity contribution < 1.29 is 4.79 Å². The number of nitrogens with zero attached hydrogens (tertiary/aromatic N) is 4. The molecule has 1 saturated heterocycles. The Labute approximate surface area is 130 Å². The summed E-state index contributed by atoms with van der Waals surface area (Å²) in [5.74, 6) is 0.783. The summed E-state index contributed by atoms with van der Waals surface area (Å²) in [6.07, 6.45) is 1.72. The van der Waals surface area contributed by atoms with E-state index in [1.807, 2.05) is 16.7 Å². The maximum atomic E-state index is 12.0. The molecule has 2 atom stereocenters. The quantitative estimate of drug-likeness (QED) is 0.851. The number of carbonyl (C=O) groups excluding carboxylic acids is 1. The highest BCUT2D eigenvalue weighted by Crippen LogP contribution is 2.37. The van der Waals surface area contributed by atoms with E-state index in [0.29, 0.717) is 23.4 Å². The Bertz CT molecular complexity index is 771. The van der Waals surface area contributed by atoms with Crippen molar-refractivity contribution in [2.75, 3.05) is 23.3 Å². The van der Waals surface area contributed by atoms with Crippen molar-refractivity contribution in [3.05, 3.63) is 34.2 Å². The normalized spacial score (nSPS) is 23.0. The smallest absolute Gasteiger partial charge is 0.250 e. The van der Waals surface area contributed by atoms with Crippen molar-refractivity contribution in [3.8, 4) is 0 Å². The van der Waals surface area contributed by atoms with E-state index in [2.05, 4.69) is 20.4 Å². The number of pyridine rings is 1. The maximum Gasteiger partial charge on any atom is 0.250 e. The van der Waals surface area contributed by atoms with Crippen molar-refractivity contribution in [2.45, 2.75) is 18.9 Å².